The molecule has 96 valence electrons. The molecule has 2 rings (SSSR count). The van der Waals surface area contributed by atoms with Gasteiger partial charge in [0.2, 0.25) is 0 Å². The predicted octanol–water partition coefficient (Wildman–Crippen LogP) is 2.97. The fourth-order valence-corrected chi connectivity index (χ4v) is 1.48. The number of nitrogens with zero attached hydrogens (tertiary/aromatic N) is 1. The Kier molecular flexibility index (Phi) is 3.87. The normalized spacial score (nSPS) is 10.6. The SMILES string of the molecule is O=C(O)c1cccc(NN=Cc2ccccc2F)c1. The van der Waals surface area contributed by atoms with Gasteiger partial charge >= 0.3 is 5.97 Å². The quantitative estimate of drug-likeness (QED) is 0.654. The van der Waals surface area contributed by atoms with Crippen LogP contribution in [0, 0.1) is 5.82 Å². The first-order valence-corrected chi connectivity index (χ1v) is 5.54. The summed E-state index contributed by atoms with van der Waals surface area (Å²) in [6.45, 7) is 0. The summed E-state index contributed by atoms with van der Waals surface area (Å²) >= 11 is 0. The monoisotopic (exact) mass is 258 g/mol. The number of carbonyl (C=O) groups is 1. The minimum Gasteiger partial charge on any atom is -0.478 e. The first-order valence-electron chi connectivity index (χ1n) is 5.54. The largest absolute Gasteiger partial charge is 0.478 e. The molecule has 0 aromatic heterocycles. The third-order valence-corrected chi connectivity index (χ3v) is 2.41. The van der Waals surface area contributed by atoms with Gasteiger partial charge < -0.3 is 5.11 Å². The Morgan fingerprint density at radius 3 is 2.74 bits per heavy atom. The highest BCUT2D eigenvalue weighted by atomic mass is 19.1. The van der Waals surface area contributed by atoms with Crippen molar-refractivity contribution in [3.8, 4) is 0 Å². The van der Waals surface area contributed by atoms with E-state index in [1.807, 2.05) is 0 Å². The Balaban J connectivity index is 2.09. The number of hydrogen-bond acceptors (Lipinski definition) is 3. The minimum absolute atomic E-state index is 0.158. The summed E-state index contributed by atoms with van der Waals surface area (Å²) in [5.41, 5.74) is 3.69. The van der Waals surface area contributed by atoms with E-state index in [-0.39, 0.29) is 11.4 Å². The maximum absolute atomic E-state index is 13.3. The Hall–Kier alpha value is -2.69. The van der Waals surface area contributed by atoms with Gasteiger partial charge in [0.15, 0.2) is 0 Å². The summed E-state index contributed by atoms with van der Waals surface area (Å²) in [5, 5.41) is 12.7. The molecule has 0 aliphatic heterocycles. The number of aromatic carboxylic acids is 1. The van der Waals surface area contributed by atoms with E-state index in [9.17, 15) is 9.18 Å². The number of rotatable bonds is 4. The highest BCUT2D eigenvalue weighted by molar-refractivity contribution is 5.88. The molecule has 0 bridgehead atoms. The van der Waals surface area contributed by atoms with Crippen LogP contribution in [-0.4, -0.2) is 17.3 Å². The van der Waals surface area contributed by atoms with E-state index in [1.54, 1.807) is 30.3 Å². The average Bonchev–Trinajstić information content (AvgIpc) is 2.41. The molecule has 4 nitrogen and oxygen atoms in total. The van der Waals surface area contributed by atoms with E-state index in [2.05, 4.69) is 10.5 Å². The molecule has 2 aromatic rings. The van der Waals surface area contributed by atoms with Crippen molar-refractivity contribution in [2.45, 2.75) is 0 Å². The summed E-state index contributed by atoms with van der Waals surface area (Å²) in [6.07, 6.45) is 1.34. The number of nitrogens with one attached hydrogen (secondary N) is 1. The molecule has 0 aliphatic carbocycles. The first-order chi connectivity index (χ1) is 9.16. The summed E-state index contributed by atoms with van der Waals surface area (Å²) in [7, 11) is 0. The van der Waals surface area contributed by atoms with Gasteiger partial charge in [-0.15, -0.1) is 0 Å². The van der Waals surface area contributed by atoms with Gasteiger partial charge in [0, 0.05) is 5.56 Å². The van der Waals surface area contributed by atoms with E-state index >= 15 is 0 Å². The molecule has 0 saturated carbocycles. The van der Waals surface area contributed by atoms with E-state index < -0.39 is 5.97 Å². The molecule has 0 spiro atoms. The van der Waals surface area contributed by atoms with Gasteiger partial charge in [-0.1, -0.05) is 24.3 Å². The minimum atomic E-state index is -1.01. The van der Waals surface area contributed by atoms with Crippen LogP contribution < -0.4 is 5.43 Å². The molecule has 0 aliphatic rings. The first kappa shape index (κ1) is 12.8. The van der Waals surface area contributed by atoms with Crippen molar-refractivity contribution in [3.05, 3.63) is 65.5 Å². The fraction of sp³-hybridized carbons (Fsp3) is 0. The van der Waals surface area contributed by atoms with Gasteiger partial charge in [0.1, 0.15) is 5.82 Å². The van der Waals surface area contributed by atoms with Crippen LogP contribution in [0.25, 0.3) is 0 Å². The van der Waals surface area contributed by atoms with Gasteiger partial charge in [0.05, 0.1) is 17.5 Å². The second kappa shape index (κ2) is 5.77. The molecule has 0 atom stereocenters. The molecule has 0 unspecified atom stereocenters. The summed E-state index contributed by atoms with van der Waals surface area (Å²) in [6, 6.07) is 12.4. The van der Waals surface area contributed by atoms with Crippen molar-refractivity contribution < 1.29 is 14.3 Å². The Labute approximate surface area is 109 Å². The molecule has 5 heteroatoms. The molecule has 0 fully saturated rings. The van der Waals surface area contributed by atoms with Crippen molar-refractivity contribution in [1.29, 1.82) is 0 Å². The second-order valence-electron chi connectivity index (χ2n) is 3.78. The third-order valence-electron chi connectivity index (χ3n) is 2.41. The molecule has 0 saturated heterocycles. The second-order valence-corrected chi connectivity index (χ2v) is 3.78. The third kappa shape index (κ3) is 3.38. The summed E-state index contributed by atoms with van der Waals surface area (Å²) < 4.78 is 13.3. The van der Waals surface area contributed by atoms with E-state index in [1.165, 1.54) is 24.4 Å². The van der Waals surface area contributed by atoms with E-state index in [0.29, 0.717) is 11.3 Å². The van der Waals surface area contributed by atoms with Gasteiger partial charge in [-0.3, -0.25) is 5.43 Å². The number of anilines is 1. The summed E-state index contributed by atoms with van der Waals surface area (Å²) in [5.74, 6) is -1.38. The zero-order chi connectivity index (χ0) is 13.7. The van der Waals surface area contributed by atoms with Crippen molar-refractivity contribution in [3.63, 3.8) is 0 Å². The van der Waals surface area contributed by atoms with Crippen LogP contribution in [0.2, 0.25) is 0 Å². The number of benzene rings is 2. The number of hydrogen-bond donors (Lipinski definition) is 2. The average molecular weight is 258 g/mol. The maximum Gasteiger partial charge on any atom is 0.335 e. The molecule has 2 N–H and O–H groups in total. The lowest BCUT2D eigenvalue weighted by Crippen LogP contribution is -1.98. The lowest BCUT2D eigenvalue weighted by molar-refractivity contribution is 0.0697. The van der Waals surface area contributed by atoms with Crippen LogP contribution in [-0.2, 0) is 0 Å². The smallest absolute Gasteiger partial charge is 0.335 e. The Morgan fingerprint density at radius 2 is 2.00 bits per heavy atom. The maximum atomic E-state index is 13.3. The zero-order valence-corrected chi connectivity index (χ0v) is 9.88. The van der Waals surface area contributed by atoms with Crippen molar-refractivity contribution in [2.75, 3.05) is 5.43 Å². The van der Waals surface area contributed by atoms with Crippen molar-refractivity contribution in [1.82, 2.24) is 0 Å². The van der Waals surface area contributed by atoms with E-state index in [0.717, 1.165) is 0 Å². The highest BCUT2D eigenvalue weighted by Gasteiger charge is 2.02. The van der Waals surface area contributed by atoms with Crippen LogP contribution in [0.15, 0.2) is 53.6 Å². The van der Waals surface area contributed by atoms with E-state index in [4.69, 9.17) is 5.11 Å². The molecule has 19 heavy (non-hydrogen) atoms. The van der Waals surface area contributed by atoms with Crippen LogP contribution >= 0.6 is 0 Å². The topological polar surface area (TPSA) is 61.7 Å². The van der Waals surface area contributed by atoms with Crippen molar-refractivity contribution >= 4 is 17.9 Å². The van der Waals surface area contributed by atoms with Crippen LogP contribution in [0.1, 0.15) is 15.9 Å². The lowest BCUT2D eigenvalue weighted by atomic mass is 10.2. The number of halogens is 1. The molecular formula is C14H11FN2O2. The van der Waals surface area contributed by atoms with Gasteiger partial charge in [-0.05, 0) is 24.3 Å². The lowest BCUT2D eigenvalue weighted by Gasteiger charge is -2.01. The molecule has 2 aromatic carbocycles. The van der Waals surface area contributed by atoms with Gasteiger partial charge in [-0.25, -0.2) is 9.18 Å². The fourth-order valence-electron chi connectivity index (χ4n) is 1.48. The summed E-state index contributed by atoms with van der Waals surface area (Å²) in [4.78, 5) is 10.8. The Bertz CT molecular complexity index is 626. The zero-order valence-electron chi connectivity index (χ0n) is 9.88. The van der Waals surface area contributed by atoms with Crippen molar-refractivity contribution in [2.24, 2.45) is 5.10 Å². The molecular weight excluding hydrogens is 247 g/mol. The molecule has 0 amide bonds. The van der Waals surface area contributed by atoms with Gasteiger partial charge in [-0.2, -0.15) is 5.10 Å². The number of carboxylic acids is 1. The predicted molar refractivity (Wildman–Crippen MR) is 71.0 cm³/mol. The van der Waals surface area contributed by atoms with Gasteiger partial charge in [0.25, 0.3) is 0 Å². The van der Waals surface area contributed by atoms with Crippen LogP contribution in [0.5, 0.6) is 0 Å². The van der Waals surface area contributed by atoms with Crippen LogP contribution in [0.3, 0.4) is 0 Å². The number of hydrazone groups is 1. The molecule has 0 heterocycles. The highest BCUT2D eigenvalue weighted by Crippen LogP contribution is 2.10. The standard InChI is InChI=1S/C14H11FN2O2/c15-13-7-2-1-4-11(13)9-16-17-12-6-3-5-10(8-12)14(18)19/h1-9,17H,(H,18,19). The number of carboxylic acid groups (broad SMARTS) is 1. The Morgan fingerprint density at radius 1 is 1.21 bits per heavy atom. The molecule has 0 radical (unpaired) electrons. The van der Waals surface area contributed by atoms with Crippen LogP contribution in [0.4, 0.5) is 10.1 Å².